The summed E-state index contributed by atoms with van der Waals surface area (Å²) in [5.74, 6) is 3.74. The number of hydrogen-bond acceptors (Lipinski definition) is 5. The molecule has 0 aliphatic carbocycles. The Labute approximate surface area is 322 Å². The van der Waals surface area contributed by atoms with Crippen LogP contribution in [-0.2, 0) is 0 Å². The van der Waals surface area contributed by atoms with Crippen LogP contribution < -0.4 is 14.4 Å². The molecule has 2 aliphatic rings. The van der Waals surface area contributed by atoms with Crippen LogP contribution in [0.15, 0.2) is 182 Å². The smallest absolute Gasteiger partial charge is 0.235 e. The Morgan fingerprint density at radius 3 is 1.70 bits per heavy atom. The molecule has 8 aromatic carbocycles. The summed E-state index contributed by atoms with van der Waals surface area (Å²) < 4.78 is 15.4. The van der Waals surface area contributed by atoms with E-state index in [-0.39, 0.29) is 0 Å². The van der Waals surface area contributed by atoms with Crippen molar-refractivity contribution >= 4 is 49.8 Å². The second kappa shape index (κ2) is 11.9. The molecule has 0 spiro atoms. The average molecular weight is 719 g/mol. The highest BCUT2D eigenvalue weighted by molar-refractivity contribution is 6.10. The SMILES string of the molecule is c1ccc(-c2ccc(-c3nc(-n4c5ccccc5c5cc(-c6cc7c8c(c6)Oc6ccccc6N8c6ccccc6O7)ccc54)nc4ccccc34)cc2)cc1. The molecule has 0 saturated carbocycles. The predicted octanol–water partition coefficient (Wildman–Crippen LogP) is 13.4. The van der Waals surface area contributed by atoms with Crippen molar-refractivity contribution in [1.82, 2.24) is 14.5 Å². The number of rotatable bonds is 4. The van der Waals surface area contributed by atoms with Crippen LogP contribution in [0.25, 0.3) is 72.2 Å². The summed E-state index contributed by atoms with van der Waals surface area (Å²) in [5.41, 5.74) is 12.2. The van der Waals surface area contributed by atoms with E-state index in [9.17, 15) is 0 Å². The van der Waals surface area contributed by atoms with Crippen LogP contribution in [-0.4, -0.2) is 14.5 Å². The van der Waals surface area contributed by atoms with Gasteiger partial charge in [0.05, 0.1) is 33.6 Å². The predicted molar refractivity (Wildman–Crippen MR) is 225 cm³/mol. The number of fused-ring (bicyclic) bond motifs is 8. The summed E-state index contributed by atoms with van der Waals surface area (Å²) >= 11 is 0. The lowest BCUT2D eigenvalue weighted by Gasteiger charge is -2.38. The Bertz CT molecular complexity index is 3140. The largest absolute Gasteiger partial charge is 0.453 e. The molecule has 262 valence electrons. The fraction of sp³-hybridized carbons (Fsp3) is 0. The molecule has 0 bridgehead atoms. The van der Waals surface area contributed by atoms with Crippen molar-refractivity contribution in [3.8, 4) is 62.5 Å². The molecule has 0 atom stereocenters. The second-order valence-electron chi connectivity index (χ2n) is 14.2. The van der Waals surface area contributed by atoms with E-state index in [4.69, 9.17) is 19.4 Å². The van der Waals surface area contributed by atoms with E-state index >= 15 is 0 Å². The van der Waals surface area contributed by atoms with Gasteiger partial charge < -0.3 is 9.47 Å². The van der Waals surface area contributed by atoms with Gasteiger partial charge >= 0.3 is 0 Å². The Kier molecular flexibility index (Phi) is 6.53. The van der Waals surface area contributed by atoms with Gasteiger partial charge in [0, 0.05) is 21.7 Å². The first-order valence-electron chi connectivity index (χ1n) is 18.7. The molecule has 12 rings (SSSR count). The van der Waals surface area contributed by atoms with Gasteiger partial charge in [-0.1, -0.05) is 121 Å². The quantitative estimate of drug-likeness (QED) is 0.181. The van der Waals surface area contributed by atoms with Gasteiger partial charge in [-0.2, -0.15) is 0 Å². The molecule has 0 radical (unpaired) electrons. The Morgan fingerprint density at radius 2 is 0.946 bits per heavy atom. The normalized spacial score (nSPS) is 12.5. The third-order valence-electron chi connectivity index (χ3n) is 11.0. The number of nitrogens with zero attached hydrogens (tertiary/aromatic N) is 4. The lowest BCUT2D eigenvalue weighted by Crippen LogP contribution is -2.20. The maximum Gasteiger partial charge on any atom is 0.235 e. The Hall–Kier alpha value is -7.70. The first kappa shape index (κ1) is 30.7. The fourth-order valence-electron chi connectivity index (χ4n) is 8.39. The third-order valence-corrected chi connectivity index (χ3v) is 11.0. The second-order valence-corrected chi connectivity index (χ2v) is 14.2. The molecule has 6 heteroatoms. The molecule has 2 aliphatic heterocycles. The average Bonchev–Trinajstić information content (AvgIpc) is 3.60. The standard InChI is InChI=1S/C50H30N4O2/c1-2-12-31(13-3-1)32-22-24-33(25-23-32)48-37-15-4-6-16-39(37)51-50(52-48)54-40-17-7-5-14-36(40)38-28-34(26-27-41(38)54)35-29-46-49-47(30-35)56-45-21-11-9-19-43(45)53(49)42-18-8-10-20-44(42)55-46/h1-30H. The fourth-order valence-corrected chi connectivity index (χ4v) is 8.39. The van der Waals surface area contributed by atoms with Crippen LogP contribution in [0.1, 0.15) is 0 Å². The number of benzene rings is 8. The summed E-state index contributed by atoms with van der Waals surface area (Å²) in [6.45, 7) is 0. The van der Waals surface area contributed by atoms with Gasteiger partial charge in [0.15, 0.2) is 23.0 Å². The highest BCUT2D eigenvalue weighted by Crippen LogP contribution is 2.60. The molecule has 56 heavy (non-hydrogen) atoms. The lowest BCUT2D eigenvalue weighted by atomic mass is 9.99. The summed E-state index contributed by atoms with van der Waals surface area (Å²) in [5, 5.41) is 3.24. The third kappa shape index (κ3) is 4.63. The van der Waals surface area contributed by atoms with Gasteiger partial charge in [-0.05, 0) is 82.9 Å². The van der Waals surface area contributed by atoms with Crippen LogP contribution in [0.2, 0.25) is 0 Å². The van der Waals surface area contributed by atoms with Crippen molar-refractivity contribution in [3.05, 3.63) is 182 Å². The maximum absolute atomic E-state index is 6.59. The number of ether oxygens (including phenoxy) is 2. The van der Waals surface area contributed by atoms with Gasteiger partial charge in [-0.15, -0.1) is 0 Å². The summed E-state index contributed by atoms with van der Waals surface area (Å²) in [4.78, 5) is 12.8. The number of hydrogen-bond donors (Lipinski definition) is 0. The van der Waals surface area contributed by atoms with Gasteiger partial charge in [0.2, 0.25) is 5.95 Å². The molecule has 0 saturated heterocycles. The zero-order valence-electron chi connectivity index (χ0n) is 29.9. The number of anilines is 3. The highest BCUT2D eigenvalue weighted by Gasteiger charge is 2.35. The molecule has 0 unspecified atom stereocenters. The highest BCUT2D eigenvalue weighted by atomic mass is 16.5. The van der Waals surface area contributed by atoms with E-state index in [1.807, 2.05) is 48.5 Å². The van der Waals surface area contributed by atoms with Gasteiger partial charge in [0.25, 0.3) is 0 Å². The van der Waals surface area contributed by atoms with E-state index in [0.29, 0.717) is 5.95 Å². The molecule has 0 amide bonds. The van der Waals surface area contributed by atoms with Crippen LogP contribution >= 0.6 is 0 Å². The van der Waals surface area contributed by atoms with Crippen molar-refractivity contribution in [2.45, 2.75) is 0 Å². The monoisotopic (exact) mass is 718 g/mol. The Balaban J connectivity index is 1.01. The van der Waals surface area contributed by atoms with Crippen LogP contribution in [0.5, 0.6) is 23.0 Å². The maximum atomic E-state index is 6.59. The summed E-state index contributed by atoms with van der Waals surface area (Å²) in [6, 6.07) is 63.0. The van der Waals surface area contributed by atoms with Crippen molar-refractivity contribution in [3.63, 3.8) is 0 Å². The molecule has 6 nitrogen and oxygen atoms in total. The van der Waals surface area contributed by atoms with Crippen LogP contribution in [0.3, 0.4) is 0 Å². The van der Waals surface area contributed by atoms with E-state index in [2.05, 4.69) is 143 Å². The molecule has 10 aromatic rings. The van der Waals surface area contributed by atoms with E-state index < -0.39 is 0 Å². The molecular weight excluding hydrogens is 689 g/mol. The van der Waals surface area contributed by atoms with Crippen molar-refractivity contribution in [2.24, 2.45) is 0 Å². The minimum Gasteiger partial charge on any atom is -0.453 e. The van der Waals surface area contributed by atoms with E-state index in [1.165, 1.54) is 11.1 Å². The topological polar surface area (TPSA) is 52.4 Å². The molecular formula is C50H30N4O2. The van der Waals surface area contributed by atoms with Crippen molar-refractivity contribution < 1.29 is 9.47 Å². The summed E-state index contributed by atoms with van der Waals surface area (Å²) in [6.07, 6.45) is 0. The van der Waals surface area contributed by atoms with E-state index in [0.717, 1.165) is 95.2 Å². The number of para-hydroxylation sites is 6. The first-order valence-corrected chi connectivity index (χ1v) is 18.7. The van der Waals surface area contributed by atoms with Gasteiger partial charge in [-0.25, -0.2) is 9.97 Å². The minimum atomic E-state index is 0.627. The molecule has 2 aromatic heterocycles. The Morgan fingerprint density at radius 1 is 0.375 bits per heavy atom. The van der Waals surface area contributed by atoms with Crippen LogP contribution in [0, 0.1) is 0 Å². The number of aromatic nitrogens is 3. The van der Waals surface area contributed by atoms with Crippen molar-refractivity contribution in [2.75, 3.05) is 4.90 Å². The summed E-state index contributed by atoms with van der Waals surface area (Å²) in [7, 11) is 0. The first-order chi connectivity index (χ1) is 27.7. The molecule has 0 fully saturated rings. The van der Waals surface area contributed by atoms with E-state index in [1.54, 1.807) is 0 Å². The van der Waals surface area contributed by atoms with Crippen LogP contribution in [0.4, 0.5) is 17.1 Å². The molecule has 0 N–H and O–H groups in total. The molecule has 4 heterocycles. The minimum absolute atomic E-state index is 0.627. The van der Waals surface area contributed by atoms with Gasteiger partial charge in [0.1, 0.15) is 5.69 Å². The van der Waals surface area contributed by atoms with Gasteiger partial charge in [-0.3, -0.25) is 9.47 Å². The van der Waals surface area contributed by atoms with Crippen molar-refractivity contribution in [1.29, 1.82) is 0 Å². The zero-order chi connectivity index (χ0) is 36.7. The zero-order valence-corrected chi connectivity index (χ0v) is 29.9. The lowest BCUT2D eigenvalue weighted by molar-refractivity contribution is 0.446.